The normalized spacial score (nSPS) is 15.2. The Hall–Kier alpha value is -3.46. The van der Waals surface area contributed by atoms with Crippen molar-refractivity contribution in [1.82, 2.24) is 19.9 Å². The van der Waals surface area contributed by atoms with E-state index in [9.17, 15) is 9.65 Å². The van der Waals surface area contributed by atoms with E-state index in [1.54, 1.807) is 0 Å². The Kier molecular flexibility index (Phi) is 6.19. The number of ether oxygens (including phenoxy) is 2. The molecule has 0 unspecified atom stereocenters. The fourth-order valence-electron chi connectivity index (χ4n) is 4.51. The van der Waals surface area contributed by atoms with E-state index in [-0.39, 0.29) is 56.6 Å². The molecule has 5 heterocycles. The SMILES string of the molecule is CN1CCCC1.COc1ncc2c3c(c(-c4ncc(F)c5sc(N)c(C#N)c45)c(F)c2n1)COC3. The van der Waals surface area contributed by atoms with Crippen molar-refractivity contribution in [2.45, 2.75) is 26.1 Å². The molecule has 0 spiro atoms. The third-order valence-electron chi connectivity index (χ3n) is 6.24. The molecule has 3 aromatic heterocycles. The first-order chi connectivity index (χ1) is 16.9. The Bertz CT molecular complexity index is 1490. The predicted octanol–water partition coefficient (Wildman–Crippen LogP) is 4.39. The van der Waals surface area contributed by atoms with Gasteiger partial charge < -0.3 is 20.1 Å². The second-order valence-corrected chi connectivity index (χ2v) is 9.43. The van der Waals surface area contributed by atoms with Crippen LogP contribution in [0.4, 0.5) is 13.8 Å². The summed E-state index contributed by atoms with van der Waals surface area (Å²) in [4.78, 5) is 14.7. The van der Waals surface area contributed by atoms with E-state index in [0.717, 1.165) is 23.1 Å². The van der Waals surface area contributed by atoms with Crippen LogP contribution in [0.1, 0.15) is 29.5 Å². The summed E-state index contributed by atoms with van der Waals surface area (Å²) >= 11 is 0.929. The van der Waals surface area contributed by atoms with Crippen molar-refractivity contribution in [3.8, 4) is 23.3 Å². The zero-order valence-corrected chi connectivity index (χ0v) is 20.0. The molecule has 180 valence electrons. The van der Waals surface area contributed by atoms with Gasteiger partial charge in [-0.15, -0.1) is 11.3 Å². The van der Waals surface area contributed by atoms with Crippen molar-refractivity contribution < 1.29 is 18.3 Å². The van der Waals surface area contributed by atoms with Gasteiger partial charge >= 0.3 is 6.01 Å². The van der Waals surface area contributed by atoms with Gasteiger partial charge in [0.15, 0.2) is 11.6 Å². The summed E-state index contributed by atoms with van der Waals surface area (Å²) in [5.41, 5.74) is 7.55. The third kappa shape index (κ3) is 3.93. The number of aromatic nitrogens is 3. The van der Waals surface area contributed by atoms with Crippen LogP contribution in [0.15, 0.2) is 12.4 Å². The van der Waals surface area contributed by atoms with Crippen LogP contribution in [-0.4, -0.2) is 47.1 Å². The molecule has 2 aliphatic heterocycles. The first-order valence-corrected chi connectivity index (χ1v) is 11.8. The third-order valence-corrected chi connectivity index (χ3v) is 7.26. The largest absolute Gasteiger partial charge is 0.467 e. The van der Waals surface area contributed by atoms with E-state index >= 15 is 4.39 Å². The molecule has 1 fully saturated rings. The summed E-state index contributed by atoms with van der Waals surface area (Å²) in [5.74, 6) is -1.29. The Morgan fingerprint density at radius 2 is 1.91 bits per heavy atom. The van der Waals surface area contributed by atoms with Crippen molar-refractivity contribution in [2.75, 3.05) is 33.0 Å². The minimum absolute atomic E-state index is 0.0101. The highest BCUT2D eigenvalue weighted by atomic mass is 32.1. The summed E-state index contributed by atoms with van der Waals surface area (Å²) in [5, 5.41) is 10.4. The number of benzene rings is 1. The molecule has 4 aromatic rings. The highest BCUT2D eigenvalue weighted by Crippen LogP contribution is 2.44. The van der Waals surface area contributed by atoms with Crippen LogP contribution in [0.2, 0.25) is 0 Å². The summed E-state index contributed by atoms with van der Waals surface area (Å²) in [6, 6.07) is 1.99. The van der Waals surface area contributed by atoms with Crippen molar-refractivity contribution >= 4 is 37.3 Å². The summed E-state index contributed by atoms with van der Waals surface area (Å²) < 4.78 is 40.8. The second kappa shape index (κ2) is 9.30. The van der Waals surface area contributed by atoms with Crippen LogP contribution >= 0.6 is 11.3 Å². The van der Waals surface area contributed by atoms with E-state index in [2.05, 4.69) is 26.9 Å². The van der Waals surface area contributed by atoms with Crippen molar-refractivity contribution in [2.24, 2.45) is 0 Å². The zero-order chi connectivity index (χ0) is 24.7. The predicted molar refractivity (Wildman–Crippen MR) is 129 cm³/mol. The Morgan fingerprint density at radius 1 is 1.17 bits per heavy atom. The lowest BCUT2D eigenvalue weighted by Crippen LogP contribution is -2.10. The molecule has 0 saturated carbocycles. The van der Waals surface area contributed by atoms with Gasteiger partial charge in [0.1, 0.15) is 16.6 Å². The molecule has 0 aliphatic carbocycles. The van der Waals surface area contributed by atoms with Crippen LogP contribution in [0, 0.1) is 23.0 Å². The zero-order valence-electron chi connectivity index (χ0n) is 19.2. The van der Waals surface area contributed by atoms with Gasteiger partial charge in [-0.2, -0.15) is 10.2 Å². The molecule has 8 nitrogen and oxygen atoms in total. The molecule has 11 heteroatoms. The van der Waals surface area contributed by atoms with Crippen LogP contribution in [0.5, 0.6) is 6.01 Å². The molecular formula is C24H22F2N6O2S. The lowest BCUT2D eigenvalue weighted by molar-refractivity contribution is 0.135. The number of rotatable bonds is 2. The number of nitrogen functional groups attached to an aromatic ring is 1. The molecule has 0 bridgehead atoms. The maximum Gasteiger partial charge on any atom is 0.316 e. The number of nitrogens with zero attached hydrogens (tertiary/aromatic N) is 5. The Labute approximate surface area is 203 Å². The number of nitriles is 1. The number of fused-ring (bicyclic) bond motifs is 4. The molecule has 2 aliphatic rings. The summed E-state index contributed by atoms with van der Waals surface area (Å²) in [6.07, 6.45) is 5.31. The fourth-order valence-corrected chi connectivity index (χ4v) is 5.43. The van der Waals surface area contributed by atoms with Gasteiger partial charge in [-0.05, 0) is 44.1 Å². The van der Waals surface area contributed by atoms with E-state index in [1.165, 1.54) is 39.2 Å². The number of halogens is 2. The number of methoxy groups -OCH3 is 1. The van der Waals surface area contributed by atoms with E-state index in [0.29, 0.717) is 10.9 Å². The van der Waals surface area contributed by atoms with Crippen LogP contribution in [0.25, 0.3) is 32.2 Å². The van der Waals surface area contributed by atoms with E-state index in [1.807, 2.05) is 6.07 Å². The maximum atomic E-state index is 15.8. The first kappa shape index (κ1) is 23.3. The van der Waals surface area contributed by atoms with Gasteiger partial charge in [-0.3, -0.25) is 4.98 Å². The second-order valence-electron chi connectivity index (χ2n) is 8.38. The smallest absolute Gasteiger partial charge is 0.316 e. The topological polar surface area (TPSA) is 110 Å². The lowest BCUT2D eigenvalue weighted by atomic mass is 9.94. The average Bonchev–Trinajstić information content (AvgIpc) is 3.61. The Morgan fingerprint density at radius 3 is 2.57 bits per heavy atom. The Balaban J connectivity index is 0.000000371. The number of hydrogen-bond donors (Lipinski definition) is 1. The maximum absolute atomic E-state index is 15.8. The number of anilines is 1. The lowest BCUT2D eigenvalue weighted by Gasteiger charge is -2.13. The summed E-state index contributed by atoms with van der Waals surface area (Å²) in [6.45, 7) is 3.03. The van der Waals surface area contributed by atoms with Crippen molar-refractivity contribution in [3.63, 3.8) is 0 Å². The first-order valence-electron chi connectivity index (χ1n) is 11.0. The van der Waals surface area contributed by atoms with E-state index < -0.39 is 11.6 Å². The molecular weight excluding hydrogens is 474 g/mol. The molecule has 2 N–H and O–H groups in total. The van der Waals surface area contributed by atoms with Crippen LogP contribution < -0.4 is 10.5 Å². The van der Waals surface area contributed by atoms with Gasteiger partial charge in [0.25, 0.3) is 0 Å². The average molecular weight is 497 g/mol. The highest BCUT2D eigenvalue weighted by Gasteiger charge is 2.29. The van der Waals surface area contributed by atoms with Gasteiger partial charge in [0.2, 0.25) is 0 Å². The van der Waals surface area contributed by atoms with Gasteiger partial charge in [0, 0.05) is 22.5 Å². The van der Waals surface area contributed by atoms with Crippen LogP contribution in [0.3, 0.4) is 0 Å². The van der Waals surface area contributed by atoms with Gasteiger partial charge in [-0.1, -0.05) is 0 Å². The summed E-state index contributed by atoms with van der Waals surface area (Å²) in [7, 11) is 3.56. The standard InChI is InChI=1S/C19H11F2N5O2S.C5H11N/c1-27-19-25-3-8-9-5-28-6-10(9)12(14(21)15(8)26-19)16-13-7(2-22)18(23)29-17(13)11(20)4-24-16;1-6-4-2-3-5-6/h3-4H,5-6,23H2,1H3;2-5H2,1H3. The van der Waals surface area contributed by atoms with Crippen molar-refractivity contribution in [3.05, 3.63) is 40.7 Å². The molecule has 0 atom stereocenters. The van der Waals surface area contributed by atoms with Crippen LogP contribution in [-0.2, 0) is 18.0 Å². The minimum Gasteiger partial charge on any atom is -0.467 e. The molecule has 6 rings (SSSR count). The molecule has 0 radical (unpaired) electrons. The monoisotopic (exact) mass is 496 g/mol. The number of hydrogen-bond acceptors (Lipinski definition) is 9. The molecule has 0 amide bonds. The van der Waals surface area contributed by atoms with E-state index in [4.69, 9.17) is 15.2 Å². The quantitative estimate of drug-likeness (QED) is 0.435. The molecule has 1 saturated heterocycles. The number of pyridine rings is 1. The molecule has 1 aromatic carbocycles. The molecule has 35 heavy (non-hydrogen) atoms. The highest BCUT2D eigenvalue weighted by molar-refractivity contribution is 7.23. The van der Waals surface area contributed by atoms with Crippen molar-refractivity contribution in [1.29, 1.82) is 5.26 Å². The van der Waals surface area contributed by atoms with Gasteiger partial charge in [-0.25, -0.2) is 13.8 Å². The van der Waals surface area contributed by atoms with Gasteiger partial charge in [0.05, 0.1) is 42.5 Å². The number of likely N-dealkylation sites (tertiary alicyclic amines) is 1. The minimum atomic E-state index is -0.668. The number of nitrogens with two attached hydrogens (primary N) is 1. The fraction of sp³-hybridized carbons (Fsp3) is 0.333. The number of thiophene rings is 1.